The van der Waals surface area contributed by atoms with E-state index < -0.39 is 28.5 Å². The molecular formula is C22H24Cl5N3O4S. The molecule has 0 aromatic heterocycles. The van der Waals surface area contributed by atoms with Crippen LogP contribution in [-0.4, -0.2) is 50.5 Å². The van der Waals surface area contributed by atoms with Crippen molar-refractivity contribution < 1.29 is 18.0 Å². The van der Waals surface area contributed by atoms with Crippen LogP contribution >= 0.6 is 58.0 Å². The van der Waals surface area contributed by atoms with E-state index in [0.717, 1.165) is 10.6 Å². The van der Waals surface area contributed by atoms with Crippen molar-refractivity contribution in [2.24, 2.45) is 0 Å². The first-order valence-electron chi connectivity index (χ1n) is 10.4. The van der Waals surface area contributed by atoms with Gasteiger partial charge in [-0.15, -0.1) is 0 Å². The Morgan fingerprint density at radius 1 is 0.914 bits per heavy atom. The van der Waals surface area contributed by atoms with Gasteiger partial charge < -0.3 is 10.2 Å². The molecule has 192 valence electrons. The molecule has 35 heavy (non-hydrogen) atoms. The highest BCUT2D eigenvalue weighted by Gasteiger charge is 2.32. The van der Waals surface area contributed by atoms with Gasteiger partial charge >= 0.3 is 0 Å². The SMILES string of the molecule is CCNC(=O)C(CC)N(Cc1ccc(Cl)c(Cl)c1)C(=O)CN(c1cc(Cl)c(Cl)cc1Cl)S(C)(=O)=O. The number of amides is 2. The molecule has 0 radical (unpaired) electrons. The van der Waals surface area contributed by atoms with Gasteiger partial charge in [-0.2, -0.15) is 0 Å². The molecule has 7 nitrogen and oxygen atoms in total. The van der Waals surface area contributed by atoms with Gasteiger partial charge in [0.05, 0.1) is 37.1 Å². The summed E-state index contributed by atoms with van der Waals surface area (Å²) in [5.41, 5.74) is 0.589. The largest absolute Gasteiger partial charge is 0.355 e. The quantitative estimate of drug-likeness (QED) is 0.355. The van der Waals surface area contributed by atoms with Crippen LogP contribution in [0.2, 0.25) is 25.1 Å². The predicted octanol–water partition coefficient (Wildman–Crippen LogP) is 5.66. The van der Waals surface area contributed by atoms with Crippen molar-refractivity contribution in [2.45, 2.75) is 32.9 Å². The van der Waals surface area contributed by atoms with Gasteiger partial charge in [-0.1, -0.05) is 71.0 Å². The number of carbonyl (C=O) groups excluding carboxylic acids is 2. The Labute approximate surface area is 230 Å². The number of hydrogen-bond donors (Lipinski definition) is 1. The number of hydrogen-bond acceptors (Lipinski definition) is 4. The summed E-state index contributed by atoms with van der Waals surface area (Å²) in [5.74, 6) is -1.01. The van der Waals surface area contributed by atoms with Gasteiger partial charge in [-0.25, -0.2) is 8.42 Å². The lowest BCUT2D eigenvalue weighted by molar-refractivity contribution is -0.140. The molecule has 0 bridgehead atoms. The molecule has 0 aliphatic carbocycles. The molecule has 2 amide bonds. The molecule has 0 spiro atoms. The summed E-state index contributed by atoms with van der Waals surface area (Å²) >= 11 is 30.4. The van der Waals surface area contributed by atoms with E-state index in [9.17, 15) is 18.0 Å². The topological polar surface area (TPSA) is 86.8 Å². The summed E-state index contributed by atoms with van der Waals surface area (Å²) in [6, 6.07) is 6.52. The maximum absolute atomic E-state index is 13.6. The van der Waals surface area contributed by atoms with Gasteiger partial charge in [-0.05, 0) is 43.2 Å². The Morgan fingerprint density at radius 3 is 2.06 bits per heavy atom. The zero-order valence-electron chi connectivity index (χ0n) is 19.1. The van der Waals surface area contributed by atoms with Crippen LogP contribution in [-0.2, 0) is 26.2 Å². The monoisotopic (exact) mass is 601 g/mol. The highest BCUT2D eigenvalue weighted by molar-refractivity contribution is 7.92. The van der Waals surface area contributed by atoms with Crippen molar-refractivity contribution in [2.75, 3.05) is 23.7 Å². The zero-order valence-corrected chi connectivity index (χ0v) is 23.7. The summed E-state index contributed by atoms with van der Waals surface area (Å²) in [5, 5.41) is 3.51. The summed E-state index contributed by atoms with van der Waals surface area (Å²) in [6.45, 7) is 3.22. The first-order valence-corrected chi connectivity index (χ1v) is 14.2. The fourth-order valence-corrected chi connectivity index (χ4v) is 5.21. The van der Waals surface area contributed by atoms with E-state index in [1.807, 2.05) is 0 Å². The fraction of sp³-hybridized carbons (Fsp3) is 0.364. The minimum absolute atomic E-state index is 0.00979. The third-order valence-corrected chi connectivity index (χ3v) is 7.90. The van der Waals surface area contributed by atoms with Gasteiger partial charge in [-0.3, -0.25) is 13.9 Å². The first-order chi connectivity index (χ1) is 16.3. The minimum Gasteiger partial charge on any atom is -0.355 e. The molecule has 0 heterocycles. The number of likely N-dealkylation sites (N-methyl/N-ethyl adjacent to an activating group) is 1. The highest BCUT2D eigenvalue weighted by Crippen LogP contribution is 2.35. The Kier molecular flexibility index (Phi) is 10.8. The van der Waals surface area contributed by atoms with Crippen molar-refractivity contribution >= 4 is 85.5 Å². The van der Waals surface area contributed by atoms with E-state index in [-0.39, 0.29) is 44.7 Å². The van der Waals surface area contributed by atoms with Crippen molar-refractivity contribution in [1.82, 2.24) is 10.2 Å². The predicted molar refractivity (Wildman–Crippen MR) is 143 cm³/mol. The van der Waals surface area contributed by atoms with Gasteiger partial charge in [0.2, 0.25) is 21.8 Å². The molecule has 13 heteroatoms. The van der Waals surface area contributed by atoms with Crippen LogP contribution in [0.4, 0.5) is 5.69 Å². The molecule has 2 aromatic rings. The number of rotatable bonds is 10. The highest BCUT2D eigenvalue weighted by atomic mass is 35.5. The molecule has 0 aliphatic rings. The standard InChI is InChI=1S/C22H24Cl5N3O4S/c1-4-19(22(32)28-5-2)29(11-13-6-7-14(23)15(24)8-13)21(31)12-30(35(3,33)34)20-10-17(26)16(25)9-18(20)27/h6-10,19H,4-5,11-12H2,1-3H3,(H,28,32). The Morgan fingerprint density at radius 2 is 1.51 bits per heavy atom. The molecule has 1 atom stereocenters. The third-order valence-electron chi connectivity index (χ3n) is 5.01. The molecule has 0 aliphatic heterocycles. The lowest BCUT2D eigenvalue weighted by Gasteiger charge is -2.33. The number of anilines is 1. The number of nitrogens with one attached hydrogen (secondary N) is 1. The van der Waals surface area contributed by atoms with Crippen LogP contribution in [0.25, 0.3) is 0 Å². The van der Waals surface area contributed by atoms with Gasteiger partial charge in [0.15, 0.2) is 0 Å². The second-order valence-corrected chi connectivity index (χ2v) is 11.5. The van der Waals surface area contributed by atoms with Gasteiger partial charge in [0, 0.05) is 13.1 Å². The van der Waals surface area contributed by atoms with Crippen LogP contribution in [0.1, 0.15) is 25.8 Å². The Hall–Kier alpha value is -1.42. The average Bonchev–Trinajstić information content (AvgIpc) is 2.76. The van der Waals surface area contributed by atoms with Crippen LogP contribution in [0, 0.1) is 0 Å². The van der Waals surface area contributed by atoms with E-state index in [2.05, 4.69) is 5.32 Å². The van der Waals surface area contributed by atoms with Gasteiger partial charge in [0.25, 0.3) is 0 Å². The van der Waals surface area contributed by atoms with E-state index in [4.69, 9.17) is 58.0 Å². The third kappa shape index (κ3) is 7.78. The maximum Gasteiger partial charge on any atom is 0.244 e. The summed E-state index contributed by atoms with van der Waals surface area (Å²) in [4.78, 5) is 27.7. The Balaban J connectivity index is 2.52. The molecule has 2 rings (SSSR count). The van der Waals surface area contributed by atoms with Crippen molar-refractivity contribution in [3.63, 3.8) is 0 Å². The number of carbonyl (C=O) groups is 2. The summed E-state index contributed by atoms with van der Waals surface area (Å²) < 4.78 is 26.2. The molecule has 1 unspecified atom stereocenters. The van der Waals surface area contributed by atoms with Crippen LogP contribution in [0.3, 0.4) is 0 Å². The average molecular weight is 604 g/mol. The first kappa shape index (κ1) is 29.8. The molecule has 0 saturated heterocycles. The van der Waals surface area contributed by atoms with E-state index in [1.165, 1.54) is 17.0 Å². The summed E-state index contributed by atoms with van der Waals surface area (Å²) in [6.07, 6.45) is 1.22. The minimum atomic E-state index is -3.99. The fourth-order valence-electron chi connectivity index (χ4n) is 3.34. The molecule has 2 aromatic carbocycles. The van der Waals surface area contributed by atoms with Gasteiger partial charge in [0.1, 0.15) is 12.6 Å². The zero-order chi connectivity index (χ0) is 26.5. The number of benzene rings is 2. The second kappa shape index (κ2) is 12.7. The summed E-state index contributed by atoms with van der Waals surface area (Å²) in [7, 11) is -3.99. The van der Waals surface area contributed by atoms with Crippen LogP contribution < -0.4 is 9.62 Å². The van der Waals surface area contributed by atoms with Crippen molar-refractivity contribution in [3.8, 4) is 0 Å². The Bertz CT molecular complexity index is 1210. The lowest BCUT2D eigenvalue weighted by atomic mass is 10.1. The smallest absolute Gasteiger partial charge is 0.244 e. The maximum atomic E-state index is 13.6. The molecule has 0 saturated carbocycles. The van der Waals surface area contributed by atoms with Crippen molar-refractivity contribution in [1.29, 1.82) is 0 Å². The second-order valence-electron chi connectivity index (χ2n) is 7.58. The van der Waals surface area contributed by atoms with Crippen molar-refractivity contribution in [3.05, 3.63) is 61.0 Å². The van der Waals surface area contributed by atoms with Crippen LogP contribution in [0.5, 0.6) is 0 Å². The molecule has 0 fully saturated rings. The molecular weight excluding hydrogens is 580 g/mol. The number of nitrogens with zero attached hydrogens (tertiary/aromatic N) is 2. The number of halogens is 5. The van der Waals surface area contributed by atoms with E-state index >= 15 is 0 Å². The number of sulfonamides is 1. The van der Waals surface area contributed by atoms with E-state index in [0.29, 0.717) is 17.1 Å². The lowest BCUT2D eigenvalue weighted by Crippen LogP contribution is -2.52. The molecule has 1 N–H and O–H groups in total. The van der Waals surface area contributed by atoms with Crippen LogP contribution in [0.15, 0.2) is 30.3 Å². The van der Waals surface area contributed by atoms with E-state index in [1.54, 1.807) is 32.0 Å². The normalized spacial score (nSPS) is 12.2.